The van der Waals surface area contributed by atoms with Gasteiger partial charge in [0.2, 0.25) is 0 Å². The molecule has 7 heteroatoms. The number of aliphatic imine (C=N–C) groups is 2. The summed E-state index contributed by atoms with van der Waals surface area (Å²) < 4.78 is 38.7. The fourth-order valence-corrected chi connectivity index (χ4v) is 13.8. The second kappa shape index (κ2) is 10.2. The van der Waals surface area contributed by atoms with E-state index in [0.717, 1.165) is 70.8 Å². The molecular formula is C34H40F2N4Sn. The third kappa shape index (κ3) is 3.88. The number of allylic oxidation sites excluding steroid dienone is 4. The Kier molecular flexibility index (Phi) is 7.07. The number of hydrogen-bond donors (Lipinski definition) is 0. The van der Waals surface area contributed by atoms with Crippen LogP contribution < -0.4 is 10.7 Å². The average Bonchev–Trinajstić information content (AvgIpc) is 3.62. The molecule has 6 heterocycles. The van der Waals surface area contributed by atoms with Crippen LogP contribution >= 0.6 is 0 Å². The van der Waals surface area contributed by atoms with E-state index in [2.05, 4.69) is 41.5 Å². The second-order valence-corrected chi connectivity index (χ2v) is 16.8. The molecule has 0 aromatic carbocycles. The first-order valence-electron chi connectivity index (χ1n) is 15.3. The van der Waals surface area contributed by atoms with Gasteiger partial charge in [0.15, 0.2) is 0 Å². The minimum atomic E-state index is -6.43. The molecule has 214 valence electrons. The molecule has 2 aromatic rings. The zero-order chi connectivity index (χ0) is 29.4. The van der Waals surface area contributed by atoms with Crippen LogP contribution in [-0.4, -0.2) is 37.1 Å². The van der Waals surface area contributed by atoms with Crippen LogP contribution in [0.15, 0.2) is 43.7 Å². The maximum atomic E-state index is 17.9. The first kappa shape index (κ1) is 28.4. The Labute approximate surface area is 248 Å². The normalized spacial score (nSPS) is 18.6. The van der Waals surface area contributed by atoms with Crippen LogP contribution in [-0.2, 0) is 12.8 Å². The summed E-state index contributed by atoms with van der Waals surface area (Å²) in [5, 5.41) is 1.24. The van der Waals surface area contributed by atoms with Crippen molar-refractivity contribution in [3.63, 3.8) is 0 Å². The molecule has 6 bridgehead atoms. The summed E-state index contributed by atoms with van der Waals surface area (Å²) in [7, 11) is 0. The van der Waals surface area contributed by atoms with Crippen molar-refractivity contribution in [2.75, 3.05) is 0 Å². The summed E-state index contributed by atoms with van der Waals surface area (Å²) in [6.07, 6.45) is 12.5. The third-order valence-electron chi connectivity index (χ3n) is 9.46. The number of hydrogen-bond acceptors (Lipinski definition) is 2. The Balaban J connectivity index is 1.93. The number of aromatic nitrogens is 2. The molecule has 0 aliphatic carbocycles. The summed E-state index contributed by atoms with van der Waals surface area (Å²) in [5.74, 6) is 0. The SMILES string of the molecule is CCC1=C(CC)C2=NC1=Cc1c(CC)c(C)c3[n]1[Sn]([F])([F])[n]1c(c(C)c(CC)c1=CC1=NC(=C3)C(CC)=C1CC)=C2. The van der Waals surface area contributed by atoms with E-state index in [4.69, 9.17) is 9.98 Å². The van der Waals surface area contributed by atoms with Gasteiger partial charge >= 0.3 is 249 Å². The molecule has 0 N–H and O–H groups in total. The monoisotopic (exact) mass is 662 g/mol. The fraction of sp³-hybridized carbons (Fsp3) is 0.412. The van der Waals surface area contributed by atoms with Crippen LogP contribution in [0.2, 0.25) is 0 Å². The Morgan fingerprint density at radius 2 is 1.05 bits per heavy atom. The van der Waals surface area contributed by atoms with E-state index in [9.17, 15) is 0 Å². The number of rotatable bonds is 6. The van der Waals surface area contributed by atoms with E-state index in [1.165, 1.54) is 27.9 Å². The molecule has 6 rings (SSSR count). The van der Waals surface area contributed by atoms with E-state index < -0.39 is 20.1 Å². The zero-order valence-corrected chi connectivity index (χ0v) is 28.5. The molecule has 41 heavy (non-hydrogen) atoms. The van der Waals surface area contributed by atoms with Crippen molar-refractivity contribution < 1.29 is 5.73 Å². The van der Waals surface area contributed by atoms with Gasteiger partial charge in [-0.05, 0) is 0 Å². The Hall–Kier alpha value is -2.74. The van der Waals surface area contributed by atoms with E-state index in [1.54, 1.807) is 0 Å². The molecule has 0 unspecified atom stereocenters. The molecule has 0 amide bonds. The fourth-order valence-electron chi connectivity index (χ4n) is 7.50. The first-order chi connectivity index (χ1) is 19.7. The van der Waals surface area contributed by atoms with Gasteiger partial charge in [-0.1, -0.05) is 0 Å². The van der Waals surface area contributed by atoms with E-state index in [0.29, 0.717) is 34.9 Å². The van der Waals surface area contributed by atoms with Crippen molar-refractivity contribution >= 4 is 55.8 Å². The van der Waals surface area contributed by atoms with Crippen molar-refractivity contribution in [1.29, 1.82) is 0 Å². The summed E-state index contributed by atoms with van der Waals surface area (Å²) in [5.41, 5.74) is 13.1. The summed E-state index contributed by atoms with van der Waals surface area (Å²) >= 11 is -6.43. The topological polar surface area (TPSA) is 34.6 Å². The standard InChI is InChI=1S/C34H40N4.2FH.Sn/c1-9-21-19(7)27-15-31-24(12-4)26(14-6)34(38-31)18-30-22(10-2)20(8)28(36-30)16-32-23(11-3)25(13-5)33(37-32)17-29(21)35-27;;;/h15-18H,9-14H2,1-8H3;2*1H;/q-2;;;+4/p-2. The Morgan fingerprint density at radius 3 is 1.54 bits per heavy atom. The van der Waals surface area contributed by atoms with Gasteiger partial charge in [-0.3, -0.25) is 0 Å². The molecule has 4 nitrogen and oxygen atoms in total. The predicted octanol–water partition coefficient (Wildman–Crippen LogP) is 7.21. The van der Waals surface area contributed by atoms with E-state index in [1.807, 2.05) is 38.2 Å². The van der Waals surface area contributed by atoms with Gasteiger partial charge < -0.3 is 0 Å². The summed E-state index contributed by atoms with van der Waals surface area (Å²) in [4.78, 5) is 10.3. The molecule has 2 aromatic heterocycles. The molecular weight excluding hydrogens is 621 g/mol. The van der Waals surface area contributed by atoms with Crippen molar-refractivity contribution in [3.8, 4) is 0 Å². The molecule has 0 fully saturated rings. The van der Waals surface area contributed by atoms with Gasteiger partial charge in [0.1, 0.15) is 0 Å². The van der Waals surface area contributed by atoms with Crippen molar-refractivity contribution in [2.24, 2.45) is 9.98 Å². The van der Waals surface area contributed by atoms with Gasteiger partial charge in [0, 0.05) is 0 Å². The predicted molar refractivity (Wildman–Crippen MR) is 170 cm³/mol. The minimum absolute atomic E-state index is 0.611. The van der Waals surface area contributed by atoms with Crippen LogP contribution in [0, 0.1) is 13.8 Å². The van der Waals surface area contributed by atoms with Crippen LogP contribution in [0.25, 0.3) is 24.3 Å². The molecule has 0 spiro atoms. The Bertz CT molecular complexity index is 1830. The Morgan fingerprint density at radius 1 is 0.561 bits per heavy atom. The van der Waals surface area contributed by atoms with Gasteiger partial charge in [0.05, 0.1) is 0 Å². The van der Waals surface area contributed by atoms with Gasteiger partial charge in [-0.15, -0.1) is 0 Å². The van der Waals surface area contributed by atoms with Crippen LogP contribution in [0.1, 0.15) is 101 Å². The second-order valence-electron chi connectivity index (χ2n) is 11.3. The molecule has 4 aliphatic heterocycles. The average molecular weight is 661 g/mol. The quantitative estimate of drug-likeness (QED) is 0.294. The third-order valence-corrected chi connectivity index (χ3v) is 15.3. The first-order valence-corrected chi connectivity index (χ1v) is 20.0. The summed E-state index contributed by atoms with van der Waals surface area (Å²) in [6.45, 7) is 16.8. The van der Waals surface area contributed by atoms with E-state index in [-0.39, 0.29) is 0 Å². The maximum absolute atomic E-state index is 17.9. The molecule has 0 saturated heterocycles. The number of fused-ring (bicyclic) bond motifs is 2. The van der Waals surface area contributed by atoms with Crippen molar-refractivity contribution in [2.45, 2.75) is 93.9 Å². The molecule has 0 atom stereocenters. The molecule has 0 saturated carbocycles. The van der Waals surface area contributed by atoms with Gasteiger partial charge in [0.25, 0.3) is 0 Å². The van der Waals surface area contributed by atoms with Crippen molar-refractivity contribution in [1.82, 2.24) is 5.58 Å². The zero-order valence-electron chi connectivity index (χ0n) is 25.6. The number of halogens is 2. The number of nitrogens with zero attached hydrogens (tertiary/aromatic N) is 4. The van der Waals surface area contributed by atoms with Crippen LogP contribution in [0.5, 0.6) is 0 Å². The van der Waals surface area contributed by atoms with E-state index >= 15 is 5.73 Å². The van der Waals surface area contributed by atoms with Gasteiger partial charge in [-0.25, -0.2) is 0 Å². The van der Waals surface area contributed by atoms with Gasteiger partial charge in [-0.2, -0.15) is 0 Å². The van der Waals surface area contributed by atoms with Crippen LogP contribution in [0.3, 0.4) is 0 Å². The van der Waals surface area contributed by atoms with Crippen molar-refractivity contribution in [3.05, 3.63) is 78.0 Å². The summed E-state index contributed by atoms with van der Waals surface area (Å²) in [6, 6.07) is 0. The molecule has 0 radical (unpaired) electrons. The van der Waals surface area contributed by atoms with Crippen LogP contribution in [0.4, 0.5) is 5.73 Å². The molecule has 4 aliphatic rings.